The minimum absolute atomic E-state index is 0.237. The highest BCUT2D eigenvalue weighted by Gasteiger charge is 2.32. The number of halogens is 3. The minimum atomic E-state index is -4.35. The lowest BCUT2D eigenvalue weighted by atomic mass is 9.91. The van der Waals surface area contributed by atoms with Gasteiger partial charge in [0.15, 0.2) is 0 Å². The summed E-state index contributed by atoms with van der Waals surface area (Å²) in [7, 11) is 0. The summed E-state index contributed by atoms with van der Waals surface area (Å²) in [6.07, 6.45) is -4.35. The van der Waals surface area contributed by atoms with Gasteiger partial charge in [-0.3, -0.25) is 0 Å². The molecule has 0 aliphatic rings. The Labute approximate surface area is 175 Å². The Bertz CT molecular complexity index is 1240. The van der Waals surface area contributed by atoms with Crippen LogP contribution in [-0.2, 0) is 6.18 Å². The number of fused-ring (bicyclic) bond motifs is 1. The van der Waals surface area contributed by atoms with E-state index in [2.05, 4.69) is 45.0 Å². The molecule has 152 valence electrons. The average Bonchev–Trinajstić information content (AvgIpc) is 2.66. The lowest BCUT2D eigenvalue weighted by molar-refractivity contribution is -0.138. The van der Waals surface area contributed by atoms with Crippen molar-refractivity contribution in [3.8, 4) is 22.3 Å². The zero-order valence-corrected chi connectivity index (χ0v) is 17.5. The molecule has 4 aromatic rings. The van der Waals surface area contributed by atoms with Gasteiger partial charge in [-0.25, -0.2) is 0 Å². The van der Waals surface area contributed by atoms with Crippen LogP contribution in [-0.4, -0.2) is 0 Å². The SMILES string of the molecule is Cc1cc(C)c(-c2ccc3cc(-c4ccc(C)c(C(F)(F)F)c4)ccc3c2)c(C)c1. The van der Waals surface area contributed by atoms with Crippen LogP contribution in [0, 0.1) is 27.7 Å². The van der Waals surface area contributed by atoms with Gasteiger partial charge in [-0.2, -0.15) is 13.2 Å². The van der Waals surface area contributed by atoms with Crippen molar-refractivity contribution in [3.63, 3.8) is 0 Å². The van der Waals surface area contributed by atoms with Gasteiger partial charge in [0.05, 0.1) is 5.56 Å². The Kier molecular flexibility index (Phi) is 4.93. The average molecular weight is 404 g/mol. The third-order valence-electron chi connectivity index (χ3n) is 5.68. The summed E-state index contributed by atoms with van der Waals surface area (Å²) < 4.78 is 39.9. The smallest absolute Gasteiger partial charge is 0.166 e. The topological polar surface area (TPSA) is 0 Å². The molecule has 0 amide bonds. The molecular weight excluding hydrogens is 381 g/mol. The van der Waals surface area contributed by atoms with Crippen molar-refractivity contribution in [1.29, 1.82) is 0 Å². The molecule has 0 nitrogen and oxygen atoms in total. The number of hydrogen-bond acceptors (Lipinski definition) is 0. The predicted octanol–water partition coefficient (Wildman–Crippen LogP) is 8.43. The van der Waals surface area contributed by atoms with E-state index in [1.807, 2.05) is 24.3 Å². The van der Waals surface area contributed by atoms with Crippen LogP contribution in [0.15, 0.2) is 66.7 Å². The van der Waals surface area contributed by atoms with Crippen LogP contribution in [0.1, 0.15) is 27.8 Å². The van der Waals surface area contributed by atoms with Crippen LogP contribution < -0.4 is 0 Å². The molecule has 4 aromatic carbocycles. The van der Waals surface area contributed by atoms with Crippen LogP contribution >= 0.6 is 0 Å². The zero-order chi connectivity index (χ0) is 21.6. The van der Waals surface area contributed by atoms with Gasteiger partial charge in [-0.1, -0.05) is 54.1 Å². The third kappa shape index (κ3) is 3.72. The van der Waals surface area contributed by atoms with Crippen LogP contribution in [0.3, 0.4) is 0 Å². The molecule has 0 bridgehead atoms. The quantitative estimate of drug-likeness (QED) is 0.314. The molecular formula is C27H23F3. The molecule has 4 rings (SSSR count). The van der Waals surface area contributed by atoms with Crippen molar-refractivity contribution in [2.75, 3.05) is 0 Å². The van der Waals surface area contributed by atoms with Gasteiger partial charge in [0.1, 0.15) is 0 Å². The summed E-state index contributed by atoms with van der Waals surface area (Å²) in [6.45, 7) is 7.83. The highest BCUT2D eigenvalue weighted by Crippen LogP contribution is 2.36. The zero-order valence-electron chi connectivity index (χ0n) is 17.5. The van der Waals surface area contributed by atoms with Gasteiger partial charge in [0.25, 0.3) is 0 Å². The van der Waals surface area contributed by atoms with E-state index in [1.165, 1.54) is 41.3 Å². The van der Waals surface area contributed by atoms with Gasteiger partial charge in [-0.05, 0) is 95.6 Å². The van der Waals surface area contributed by atoms with Gasteiger partial charge in [-0.15, -0.1) is 0 Å². The Morgan fingerprint density at radius 2 is 1.03 bits per heavy atom. The predicted molar refractivity (Wildman–Crippen MR) is 119 cm³/mol. The molecule has 0 radical (unpaired) electrons. The lowest BCUT2D eigenvalue weighted by Crippen LogP contribution is -2.07. The summed E-state index contributed by atoms with van der Waals surface area (Å²) in [5.74, 6) is 0. The van der Waals surface area contributed by atoms with Crippen LogP contribution in [0.5, 0.6) is 0 Å². The Hall–Kier alpha value is -3.07. The number of rotatable bonds is 2. The molecule has 0 heterocycles. The second-order valence-electron chi connectivity index (χ2n) is 8.08. The van der Waals surface area contributed by atoms with Gasteiger partial charge in [0, 0.05) is 0 Å². The van der Waals surface area contributed by atoms with E-state index in [4.69, 9.17) is 0 Å². The fourth-order valence-electron chi connectivity index (χ4n) is 4.32. The molecule has 0 aromatic heterocycles. The lowest BCUT2D eigenvalue weighted by Gasteiger charge is -2.14. The highest BCUT2D eigenvalue weighted by atomic mass is 19.4. The highest BCUT2D eigenvalue weighted by molar-refractivity contribution is 5.91. The van der Waals surface area contributed by atoms with Crippen molar-refractivity contribution in [2.24, 2.45) is 0 Å². The number of benzene rings is 4. The molecule has 0 saturated carbocycles. The Balaban J connectivity index is 1.79. The van der Waals surface area contributed by atoms with Crippen molar-refractivity contribution in [2.45, 2.75) is 33.9 Å². The van der Waals surface area contributed by atoms with E-state index in [9.17, 15) is 13.2 Å². The summed E-state index contributed by atoms with van der Waals surface area (Å²) in [6, 6.07) is 21.0. The summed E-state index contributed by atoms with van der Waals surface area (Å²) >= 11 is 0. The third-order valence-corrected chi connectivity index (χ3v) is 5.68. The number of alkyl halides is 3. The van der Waals surface area contributed by atoms with E-state index in [0.717, 1.165) is 21.9 Å². The molecule has 0 unspecified atom stereocenters. The largest absolute Gasteiger partial charge is 0.416 e. The fourth-order valence-corrected chi connectivity index (χ4v) is 4.32. The standard InChI is InChI=1S/C27H23F3/c1-16-11-18(3)26(19(4)12-16)24-10-9-20-13-21(7-8-22(20)14-24)23-6-5-17(2)25(15-23)27(28,29)30/h5-15H,1-4H3. The maximum absolute atomic E-state index is 13.3. The summed E-state index contributed by atoms with van der Waals surface area (Å²) in [5.41, 5.74) is 7.12. The van der Waals surface area contributed by atoms with Crippen LogP contribution in [0.25, 0.3) is 33.0 Å². The molecule has 0 spiro atoms. The first-order chi connectivity index (χ1) is 14.1. The molecule has 0 fully saturated rings. The molecule has 0 N–H and O–H groups in total. The van der Waals surface area contributed by atoms with Crippen molar-refractivity contribution in [3.05, 3.63) is 94.5 Å². The monoisotopic (exact) mass is 404 g/mol. The van der Waals surface area contributed by atoms with Crippen molar-refractivity contribution < 1.29 is 13.2 Å². The molecule has 0 aliphatic carbocycles. The minimum Gasteiger partial charge on any atom is -0.166 e. The first kappa shape index (κ1) is 20.2. The second kappa shape index (κ2) is 7.32. The van der Waals surface area contributed by atoms with Gasteiger partial charge >= 0.3 is 6.18 Å². The number of aryl methyl sites for hydroxylation is 4. The molecule has 0 aliphatic heterocycles. The van der Waals surface area contributed by atoms with Crippen LogP contribution in [0.4, 0.5) is 13.2 Å². The summed E-state index contributed by atoms with van der Waals surface area (Å²) in [5, 5.41) is 2.08. The Morgan fingerprint density at radius 1 is 0.533 bits per heavy atom. The summed E-state index contributed by atoms with van der Waals surface area (Å²) in [4.78, 5) is 0. The molecule has 3 heteroatoms. The molecule has 0 saturated heterocycles. The molecule has 0 atom stereocenters. The second-order valence-corrected chi connectivity index (χ2v) is 8.08. The normalized spacial score (nSPS) is 11.8. The van der Waals surface area contributed by atoms with E-state index < -0.39 is 11.7 Å². The van der Waals surface area contributed by atoms with E-state index >= 15 is 0 Å². The van der Waals surface area contributed by atoms with Crippen molar-refractivity contribution >= 4 is 10.8 Å². The maximum atomic E-state index is 13.3. The number of hydrogen-bond donors (Lipinski definition) is 0. The maximum Gasteiger partial charge on any atom is 0.416 e. The fraction of sp³-hybridized carbons (Fsp3) is 0.185. The van der Waals surface area contributed by atoms with E-state index in [0.29, 0.717) is 5.56 Å². The van der Waals surface area contributed by atoms with Crippen LogP contribution in [0.2, 0.25) is 0 Å². The van der Waals surface area contributed by atoms with E-state index in [1.54, 1.807) is 6.07 Å². The van der Waals surface area contributed by atoms with Gasteiger partial charge in [0.2, 0.25) is 0 Å². The van der Waals surface area contributed by atoms with E-state index in [-0.39, 0.29) is 5.56 Å². The Morgan fingerprint density at radius 3 is 1.63 bits per heavy atom. The van der Waals surface area contributed by atoms with Crippen molar-refractivity contribution in [1.82, 2.24) is 0 Å². The van der Waals surface area contributed by atoms with Gasteiger partial charge < -0.3 is 0 Å². The first-order valence-corrected chi connectivity index (χ1v) is 9.94. The molecule has 30 heavy (non-hydrogen) atoms. The first-order valence-electron chi connectivity index (χ1n) is 9.94.